The molecule has 0 aromatic rings. The Labute approximate surface area is 80.1 Å². The summed E-state index contributed by atoms with van der Waals surface area (Å²) in [5.74, 6) is 1.08. The largest absolute Gasteiger partial charge is 0.353 e. The average Bonchev–Trinajstić information content (AvgIpc) is 2.24. The Bertz CT molecular complexity index is 222. The molecule has 1 heterocycles. The van der Waals surface area contributed by atoms with Crippen molar-refractivity contribution in [3.63, 3.8) is 0 Å². The van der Waals surface area contributed by atoms with Crippen LogP contribution in [0.4, 0.5) is 0 Å². The summed E-state index contributed by atoms with van der Waals surface area (Å²) in [6.45, 7) is 4.40. The van der Waals surface area contributed by atoms with Gasteiger partial charge in [-0.3, -0.25) is 4.79 Å². The zero-order valence-electron chi connectivity index (χ0n) is 8.60. The summed E-state index contributed by atoms with van der Waals surface area (Å²) in [5.41, 5.74) is 0.301. The Kier molecular flexibility index (Phi) is 2.09. The second kappa shape index (κ2) is 3.00. The lowest BCUT2D eigenvalue weighted by molar-refractivity contribution is -0.120. The number of amides is 1. The second-order valence-electron chi connectivity index (χ2n) is 4.68. The Hall–Kier alpha value is -0.530. The highest BCUT2D eigenvalue weighted by Gasteiger charge is 2.49. The zero-order valence-corrected chi connectivity index (χ0v) is 8.60. The van der Waals surface area contributed by atoms with Gasteiger partial charge in [0.2, 0.25) is 5.91 Å². The molecule has 1 aliphatic heterocycles. The maximum Gasteiger partial charge on any atom is 0.220 e. The van der Waals surface area contributed by atoms with E-state index in [0.29, 0.717) is 11.5 Å². The first-order valence-electron chi connectivity index (χ1n) is 5.48. The maximum atomic E-state index is 11.4. The normalized spacial score (nSPS) is 40.2. The number of hydrogen-bond acceptors (Lipinski definition) is 1. The van der Waals surface area contributed by atoms with Gasteiger partial charge in [-0.25, -0.2) is 0 Å². The van der Waals surface area contributed by atoms with Gasteiger partial charge in [0.15, 0.2) is 0 Å². The number of nitrogens with one attached hydrogen (secondary N) is 1. The van der Waals surface area contributed by atoms with Gasteiger partial charge in [-0.15, -0.1) is 0 Å². The van der Waals surface area contributed by atoms with Crippen molar-refractivity contribution in [3.8, 4) is 0 Å². The van der Waals surface area contributed by atoms with Gasteiger partial charge in [-0.05, 0) is 32.1 Å². The summed E-state index contributed by atoms with van der Waals surface area (Å²) in [4.78, 5) is 11.4. The van der Waals surface area contributed by atoms with Crippen LogP contribution in [-0.4, -0.2) is 11.9 Å². The van der Waals surface area contributed by atoms with Crippen LogP contribution in [0.3, 0.4) is 0 Å². The minimum atomic E-state index is 0.265. The fourth-order valence-corrected chi connectivity index (χ4v) is 3.09. The molecule has 2 rings (SSSR count). The topological polar surface area (TPSA) is 29.1 Å². The highest BCUT2D eigenvalue weighted by molar-refractivity contribution is 5.80. The molecule has 2 atom stereocenters. The summed E-state index contributed by atoms with van der Waals surface area (Å²) in [7, 11) is 0. The fourth-order valence-electron chi connectivity index (χ4n) is 3.09. The summed E-state index contributed by atoms with van der Waals surface area (Å²) >= 11 is 0. The van der Waals surface area contributed by atoms with Crippen LogP contribution in [0.25, 0.3) is 0 Å². The molecule has 1 saturated heterocycles. The first-order chi connectivity index (χ1) is 6.19. The monoisotopic (exact) mass is 181 g/mol. The van der Waals surface area contributed by atoms with Crippen molar-refractivity contribution in [1.29, 1.82) is 0 Å². The molecule has 2 unspecified atom stereocenters. The van der Waals surface area contributed by atoms with Gasteiger partial charge < -0.3 is 5.32 Å². The van der Waals surface area contributed by atoms with Crippen LogP contribution in [0.5, 0.6) is 0 Å². The van der Waals surface area contributed by atoms with Gasteiger partial charge in [-0.2, -0.15) is 0 Å². The second-order valence-corrected chi connectivity index (χ2v) is 4.68. The molecular weight excluding hydrogens is 162 g/mol. The van der Waals surface area contributed by atoms with E-state index in [-0.39, 0.29) is 5.91 Å². The summed E-state index contributed by atoms with van der Waals surface area (Å²) in [6, 6.07) is 0.398. The summed E-state index contributed by atoms with van der Waals surface area (Å²) in [5, 5.41) is 3.07. The Morgan fingerprint density at radius 1 is 1.54 bits per heavy atom. The lowest BCUT2D eigenvalue weighted by atomic mass is 9.60. The van der Waals surface area contributed by atoms with Crippen LogP contribution in [-0.2, 0) is 4.79 Å². The number of rotatable bonds is 2. The SMILES string of the molecule is CCC1(C2CCC2)CC(=O)NC1C. The first kappa shape index (κ1) is 9.04. The van der Waals surface area contributed by atoms with E-state index in [1.54, 1.807) is 0 Å². The van der Waals surface area contributed by atoms with Gasteiger partial charge in [0, 0.05) is 17.9 Å². The highest BCUT2D eigenvalue weighted by Crippen LogP contribution is 2.50. The molecule has 2 fully saturated rings. The molecule has 1 N–H and O–H groups in total. The van der Waals surface area contributed by atoms with Gasteiger partial charge in [0.1, 0.15) is 0 Å². The smallest absolute Gasteiger partial charge is 0.220 e. The van der Waals surface area contributed by atoms with Crippen LogP contribution in [0.2, 0.25) is 0 Å². The predicted molar refractivity (Wildman–Crippen MR) is 52.3 cm³/mol. The van der Waals surface area contributed by atoms with Gasteiger partial charge in [0.25, 0.3) is 0 Å². The standard InChI is InChI=1S/C11H19NO/c1-3-11(9-5-4-6-9)7-10(13)12-8(11)2/h8-9H,3-7H2,1-2H3,(H,12,13). The third-order valence-electron chi connectivity index (χ3n) is 4.31. The van der Waals surface area contributed by atoms with Crippen molar-refractivity contribution < 1.29 is 4.79 Å². The first-order valence-corrected chi connectivity index (χ1v) is 5.48. The van der Waals surface area contributed by atoms with Crippen LogP contribution in [0, 0.1) is 11.3 Å². The van der Waals surface area contributed by atoms with Crippen molar-refractivity contribution >= 4 is 5.91 Å². The fraction of sp³-hybridized carbons (Fsp3) is 0.909. The molecule has 0 spiro atoms. The summed E-state index contributed by atoms with van der Waals surface area (Å²) in [6.07, 6.45) is 5.97. The minimum Gasteiger partial charge on any atom is -0.353 e. The van der Waals surface area contributed by atoms with Crippen molar-refractivity contribution in [2.24, 2.45) is 11.3 Å². The van der Waals surface area contributed by atoms with E-state index in [1.807, 2.05) is 0 Å². The van der Waals surface area contributed by atoms with Crippen molar-refractivity contribution in [1.82, 2.24) is 5.32 Å². The quantitative estimate of drug-likeness (QED) is 0.694. The van der Waals surface area contributed by atoms with Crippen LogP contribution in [0.15, 0.2) is 0 Å². The van der Waals surface area contributed by atoms with Crippen molar-refractivity contribution in [2.45, 2.75) is 52.0 Å². The Morgan fingerprint density at radius 2 is 2.23 bits per heavy atom. The van der Waals surface area contributed by atoms with Crippen molar-refractivity contribution in [3.05, 3.63) is 0 Å². The van der Waals surface area contributed by atoms with Crippen LogP contribution >= 0.6 is 0 Å². The predicted octanol–water partition coefficient (Wildman–Crippen LogP) is 2.09. The van der Waals surface area contributed by atoms with E-state index in [2.05, 4.69) is 19.2 Å². The van der Waals surface area contributed by atoms with E-state index in [4.69, 9.17) is 0 Å². The van der Waals surface area contributed by atoms with Gasteiger partial charge >= 0.3 is 0 Å². The molecule has 1 saturated carbocycles. The van der Waals surface area contributed by atoms with E-state index in [9.17, 15) is 4.79 Å². The molecule has 1 amide bonds. The van der Waals surface area contributed by atoms with E-state index < -0.39 is 0 Å². The molecule has 2 aliphatic rings. The Morgan fingerprint density at radius 3 is 2.54 bits per heavy atom. The molecule has 2 heteroatoms. The Balaban J connectivity index is 2.17. The van der Waals surface area contributed by atoms with E-state index in [0.717, 1.165) is 18.8 Å². The summed E-state index contributed by atoms with van der Waals surface area (Å²) < 4.78 is 0. The molecule has 0 aromatic heterocycles. The molecule has 13 heavy (non-hydrogen) atoms. The zero-order chi connectivity index (χ0) is 9.47. The highest BCUT2D eigenvalue weighted by atomic mass is 16.2. The third-order valence-corrected chi connectivity index (χ3v) is 4.31. The van der Waals surface area contributed by atoms with Gasteiger partial charge in [-0.1, -0.05) is 13.3 Å². The van der Waals surface area contributed by atoms with Crippen molar-refractivity contribution in [2.75, 3.05) is 0 Å². The molecule has 0 radical (unpaired) electrons. The molecule has 1 aliphatic carbocycles. The van der Waals surface area contributed by atoms with Crippen LogP contribution in [0.1, 0.15) is 46.0 Å². The van der Waals surface area contributed by atoms with Crippen LogP contribution < -0.4 is 5.32 Å². The third kappa shape index (κ3) is 1.18. The molecule has 74 valence electrons. The number of carbonyl (C=O) groups is 1. The molecular formula is C11H19NO. The van der Waals surface area contributed by atoms with E-state index in [1.165, 1.54) is 19.3 Å². The number of carbonyl (C=O) groups excluding carboxylic acids is 1. The number of hydrogen-bond donors (Lipinski definition) is 1. The maximum absolute atomic E-state index is 11.4. The lowest BCUT2D eigenvalue weighted by Crippen LogP contribution is -2.42. The average molecular weight is 181 g/mol. The molecule has 0 bridgehead atoms. The lowest BCUT2D eigenvalue weighted by Gasteiger charge is -2.44. The van der Waals surface area contributed by atoms with Gasteiger partial charge in [0.05, 0.1) is 0 Å². The molecule has 2 nitrogen and oxygen atoms in total. The van der Waals surface area contributed by atoms with E-state index >= 15 is 0 Å². The molecule has 0 aromatic carbocycles. The minimum absolute atomic E-state index is 0.265.